The zero-order chi connectivity index (χ0) is 12.3. The van der Waals surface area contributed by atoms with Crippen LogP contribution in [0.15, 0.2) is 34.9 Å². The Bertz CT molecular complexity index is 492. The molecule has 0 saturated heterocycles. The lowest BCUT2D eigenvalue weighted by molar-refractivity contribution is 0.413. The number of aromatic nitrogens is 1. The minimum Gasteiger partial charge on any atom is -0.496 e. The Labute approximate surface area is 100 Å². The van der Waals surface area contributed by atoms with Gasteiger partial charge in [0.1, 0.15) is 11.5 Å². The van der Waals surface area contributed by atoms with Crippen LogP contribution in [0.5, 0.6) is 5.75 Å². The highest BCUT2D eigenvalue weighted by molar-refractivity contribution is 5.62. The predicted molar refractivity (Wildman–Crippen MR) is 65.8 cm³/mol. The molecule has 0 amide bonds. The van der Waals surface area contributed by atoms with Gasteiger partial charge in [-0.1, -0.05) is 12.1 Å². The SMILES string of the molecule is COc1ccccc1-c1ncc(CC(C)N)o1. The van der Waals surface area contributed by atoms with Gasteiger partial charge in [0.2, 0.25) is 5.89 Å². The maximum Gasteiger partial charge on any atom is 0.229 e. The van der Waals surface area contributed by atoms with E-state index in [9.17, 15) is 0 Å². The van der Waals surface area contributed by atoms with Crippen molar-refractivity contribution in [1.29, 1.82) is 0 Å². The van der Waals surface area contributed by atoms with E-state index in [2.05, 4.69) is 4.98 Å². The van der Waals surface area contributed by atoms with Crippen LogP contribution in [0.25, 0.3) is 11.5 Å². The Morgan fingerprint density at radius 3 is 2.88 bits per heavy atom. The summed E-state index contributed by atoms with van der Waals surface area (Å²) in [5, 5.41) is 0. The first-order valence-electron chi connectivity index (χ1n) is 5.54. The monoisotopic (exact) mass is 232 g/mol. The van der Waals surface area contributed by atoms with E-state index in [-0.39, 0.29) is 6.04 Å². The molecule has 1 heterocycles. The normalized spacial score (nSPS) is 12.4. The molecule has 4 nitrogen and oxygen atoms in total. The van der Waals surface area contributed by atoms with E-state index in [1.54, 1.807) is 13.3 Å². The van der Waals surface area contributed by atoms with Crippen LogP contribution in [-0.4, -0.2) is 18.1 Å². The van der Waals surface area contributed by atoms with E-state index in [1.807, 2.05) is 31.2 Å². The average molecular weight is 232 g/mol. The molecule has 4 heteroatoms. The third-order valence-electron chi connectivity index (χ3n) is 2.41. The van der Waals surface area contributed by atoms with Crippen LogP contribution >= 0.6 is 0 Å². The lowest BCUT2D eigenvalue weighted by Crippen LogP contribution is -2.17. The van der Waals surface area contributed by atoms with Gasteiger partial charge < -0.3 is 14.9 Å². The molecule has 0 spiro atoms. The molecule has 90 valence electrons. The van der Waals surface area contributed by atoms with Gasteiger partial charge in [0.25, 0.3) is 0 Å². The highest BCUT2D eigenvalue weighted by atomic mass is 16.5. The molecule has 1 aromatic carbocycles. The van der Waals surface area contributed by atoms with E-state index in [0.29, 0.717) is 12.3 Å². The summed E-state index contributed by atoms with van der Waals surface area (Å²) in [6.07, 6.45) is 2.40. The zero-order valence-electron chi connectivity index (χ0n) is 10.0. The van der Waals surface area contributed by atoms with Crippen molar-refractivity contribution in [2.24, 2.45) is 5.73 Å². The van der Waals surface area contributed by atoms with Crippen LogP contribution in [0, 0.1) is 0 Å². The molecule has 2 rings (SSSR count). The highest BCUT2D eigenvalue weighted by Crippen LogP contribution is 2.29. The van der Waals surface area contributed by atoms with Crippen molar-refractivity contribution in [3.05, 3.63) is 36.2 Å². The second kappa shape index (κ2) is 5.01. The molecule has 0 aliphatic heterocycles. The lowest BCUT2D eigenvalue weighted by Gasteiger charge is -2.04. The fourth-order valence-electron chi connectivity index (χ4n) is 1.67. The van der Waals surface area contributed by atoms with E-state index < -0.39 is 0 Å². The van der Waals surface area contributed by atoms with Crippen LogP contribution in [0.3, 0.4) is 0 Å². The van der Waals surface area contributed by atoms with Crippen LogP contribution in [0.2, 0.25) is 0 Å². The first kappa shape index (κ1) is 11.7. The number of oxazole rings is 1. The van der Waals surface area contributed by atoms with Gasteiger partial charge in [0.05, 0.1) is 18.9 Å². The summed E-state index contributed by atoms with van der Waals surface area (Å²) in [7, 11) is 1.63. The fourth-order valence-corrected chi connectivity index (χ4v) is 1.67. The molecule has 17 heavy (non-hydrogen) atoms. The second-order valence-electron chi connectivity index (χ2n) is 4.01. The number of rotatable bonds is 4. The lowest BCUT2D eigenvalue weighted by atomic mass is 10.2. The Morgan fingerprint density at radius 1 is 1.41 bits per heavy atom. The molecule has 2 aromatic rings. The molecule has 1 atom stereocenters. The molecule has 0 fully saturated rings. The van der Waals surface area contributed by atoms with Gasteiger partial charge in [-0.15, -0.1) is 0 Å². The number of para-hydroxylation sites is 1. The summed E-state index contributed by atoms with van der Waals surface area (Å²) in [4.78, 5) is 4.25. The molecule has 0 bridgehead atoms. The van der Waals surface area contributed by atoms with Gasteiger partial charge in [-0.25, -0.2) is 4.98 Å². The molecule has 0 aliphatic rings. The molecular formula is C13H16N2O2. The van der Waals surface area contributed by atoms with Gasteiger partial charge >= 0.3 is 0 Å². The largest absolute Gasteiger partial charge is 0.496 e. The van der Waals surface area contributed by atoms with Gasteiger partial charge in [-0.3, -0.25) is 0 Å². The Morgan fingerprint density at radius 2 is 2.18 bits per heavy atom. The maximum absolute atomic E-state index is 5.72. The molecule has 1 aromatic heterocycles. The Balaban J connectivity index is 2.30. The van der Waals surface area contributed by atoms with Gasteiger partial charge in [0.15, 0.2) is 0 Å². The van der Waals surface area contributed by atoms with Gasteiger partial charge in [-0.05, 0) is 19.1 Å². The summed E-state index contributed by atoms with van der Waals surface area (Å²) >= 11 is 0. The van der Waals surface area contributed by atoms with Crippen LogP contribution in [0.1, 0.15) is 12.7 Å². The summed E-state index contributed by atoms with van der Waals surface area (Å²) in [6.45, 7) is 1.94. The van der Waals surface area contributed by atoms with Gasteiger partial charge in [0, 0.05) is 12.5 Å². The van der Waals surface area contributed by atoms with Crippen molar-refractivity contribution >= 4 is 0 Å². The van der Waals surface area contributed by atoms with Crippen LogP contribution < -0.4 is 10.5 Å². The number of hydrogen-bond donors (Lipinski definition) is 1. The summed E-state index contributed by atoms with van der Waals surface area (Å²) in [5.41, 5.74) is 6.57. The predicted octanol–water partition coefficient (Wildman–Crippen LogP) is 2.24. The van der Waals surface area contributed by atoms with Crippen molar-refractivity contribution in [1.82, 2.24) is 4.98 Å². The maximum atomic E-state index is 5.72. The molecule has 2 N–H and O–H groups in total. The number of nitrogens with zero attached hydrogens (tertiary/aromatic N) is 1. The second-order valence-corrected chi connectivity index (χ2v) is 4.01. The number of ether oxygens (including phenoxy) is 1. The van der Waals surface area contributed by atoms with E-state index >= 15 is 0 Å². The number of nitrogens with two attached hydrogens (primary N) is 1. The number of benzene rings is 1. The minimum absolute atomic E-state index is 0.0634. The highest BCUT2D eigenvalue weighted by Gasteiger charge is 2.11. The third kappa shape index (κ3) is 2.65. The summed E-state index contributed by atoms with van der Waals surface area (Å²) < 4.78 is 10.9. The quantitative estimate of drug-likeness (QED) is 0.878. The first-order chi connectivity index (χ1) is 8.20. The molecule has 0 aliphatic carbocycles. The average Bonchev–Trinajstić information content (AvgIpc) is 2.76. The number of methoxy groups -OCH3 is 1. The van der Waals surface area contributed by atoms with Crippen molar-refractivity contribution in [3.63, 3.8) is 0 Å². The van der Waals surface area contributed by atoms with Crippen LogP contribution in [-0.2, 0) is 6.42 Å². The summed E-state index contributed by atoms with van der Waals surface area (Å²) in [5.74, 6) is 2.11. The Kier molecular flexibility index (Phi) is 3.44. The van der Waals surface area contributed by atoms with Gasteiger partial charge in [-0.2, -0.15) is 0 Å². The Hall–Kier alpha value is -1.81. The van der Waals surface area contributed by atoms with Crippen LogP contribution in [0.4, 0.5) is 0 Å². The minimum atomic E-state index is 0.0634. The van der Waals surface area contributed by atoms with Crippen molar-refractivity contribution < 1.29 is 9.15 Å². The molecular weight excluding hydrogens is 216 g/mol. The zero-order valence-corrected chi connectivity index (χ0v) is 10.0. The molecule has 1 unspecified atom stereocenters. The smallest absolute Gasteiger partial charge is 0.229 e. The van der Waals surface area contributed by atoms with Crippen molar-refractivity contribution in [3.8, 4) is 17.2 Å². The summed E-state index contributed by atoms with van der Waals surface area (Å²) in [6, 6.07) is 7.69. The first-order valence-corrected chi connectivity index (χ1v) is 5.54. The topological polar surface area (TPSA) is 61.3 Å². The van der Waals surface area contributed by atoms with Crippen molar-refractivity contribution in [2.45, 2.75) is 19.4 Å². The van der Waals surface area contributed by atoms with Crippen molar-refractivity contribution in [2.75, 3.05) is 7.11 Å². The molecule has 0 saturated carbocycles. The fraction of sp³-hybridized carbons (Fsp3) is 0.308. The van der Waals surface area contributed by atoms with E-state index in [4.69, 9.17) is 14.9 Å². The molecule has 0 radical (unpaired) electrons. The standard InChI is InChI=1S/C13H16N2O2/c1-9(14)7-10-8-15-13(17-10)11-5-3-4-6-12(11)16-2/h3-6,8-9H,7,14H2,1-2H3. The van der Waals surface area contributed by atoms with E-state index in [0.717, 1.165) is 17.1 Å². The third-order valence-corrected chi connectivity index (χ3v) is 2.41. The number of hydrogen-bond acceptors (Lipinski definition) is 4. The van der Waals surface area contributed by atoms with E-state index in [1.165, 1.54) is 0 Å².